The summed E-state index contributed by atoms with van der Waals surface area (Å²) in [5, 5.41) is 13.5. The van der Waals surface area contributed by atoms with Gasteiger partial charge in [-0.05, 0) is 48.1 Å². The van der Waals surface area contributed by atoms with Crippen LogP contribution in [-0.4, -0.2) is 9.49 Å². The highest BCUT2D eigenvalue weighted by Gasteiger charge is 2.17. The molecule has 0 N–H and O–H groups in total. The molecule has 1 aliphatic rings. The number of hydrogen-bond acceptors (Lipinski definition) is 5. The fourth-order valence-electron chi connectivity index (χ4n) is 4.54. The Morgan fingerprint density at radius 1 is 1.03 bits per heavy atom. The summed E-state index contributed by atoms with van der Waals surface area (Å²) in [7, 11) is 0. The Balaban J connectivity index is 1.56. The molecule has 0 aliphatic heterocycles. The summed E-state index contributed by atoms with van der Waals surface area (Å²) in [5.74, 6) is 1.46. The number of nitro groups is 1. The van der Waals surface area contributed by atoms with Crippen molar-refractivity contribution in [3.05, 3.63) is 98.5 Å². The highest BCUT2D eigenvalue weighted by molar-refractivity contribution is 7.07. The molecule has 6 nitrogen and oxygen atoms in total. The molecule has 0 saturated heterocycles. The van der Waals surface area contributed by atoms with Gasteiger partial charge in [0.15, 0.2) is 4.80 Å². The van der Waals surface area contributed by atoms with Gasteiger partial charge in [-0.1, -0.05) is 55.7 Å². The summed E-state index contributed by atoms with van der Waals surface area (Å²) in [6.45, 7) is 0.496. The summed E-state index contributed by atoms with van der Waals surface area (Å²) in [6, 6.07) is 19.2. The van der Waals surface area contributed by atoms with E-state index in [-0.39, 0.29) is 5.69 Å². The molecular weight excluding hydrogens is 434 g/mol. The zero-order valence-electron chi connectivity index (χ0n) is 18.2. The monoisotopic (exact) mass is 459 g/mol. The third-order valence-corrected chi connectivity index (χ3v) is 7.13. The molecule has 2 aromatic carbocycles. The molecule has 1 fully saturated rings. The molecule has 33 heavy (non-hydrogen) atoms. The molecule has 2 aromatic heterocycles. The van der Waals surface area contributed by atoms with Crippen LogP contribution >= 0.6 is 11.3 Å². The van der Waals surface area contributed by atoms with E-state index >= 15 is 0 Å². The van der Waals surface area contributed by atoms with Crippen LogP contribution in [0.25, 0.3) is 11.3 Å². The van der Waals surface area contributed by atoms with E-state index in [1.54, 1.807) is 24.5 Å². The number of aromatic nitrogens is 1. The lowest BCUT2D eigenvalue weighted by atomic mass is 9.84. The Labute approximate surface area is 196 Å². The molecule has 0 unspecified atom stereocenters. The molecule has 0 spiro atoms. The fraction of sp³-hybridized carbons (Fsp3) is 0.269. The van der Waals surface area contributed by atoms with Gasteiger partial charge in [-0.15, -0.1) is 11.3 Å². The van der Waals surface area contributed by atoms with E-state index in [9.17, 15) is 10.1 Å². The number of benzene rings is 2. The molecule has 0 amide bonds. The molecule has 0 atom stereocenters. The molecule has 4 aromatic rings. The van der Waals surface area contributed by atoms with Crippen molar-refractivity contribution in [2.24, 2.45) is 4.99 Å². The molecule has 168 valence electrons. The highest BCUT2D eigenvalue weighted by Crippen LogP contribution is 2.34. The van der Waals surface area contributed by atoms with E-state index in [4.69, 9.17) is 4.42 Å². The van der Waals surface area contributed by atoms with Crippen molar-refractivity contribution < 1.29 is 9.34 Å². The van der Waals surface area contributed by atoms with Crippen molar-refractivity contribution in [2.45, 2.75) is 44.6 Å². The first-order valence-electron chi connectivity index (χ1n) is 11.3. The smallest absolute Gasteiger partial charge is 0.294 e. The number of furan rings is 1. The number of hydrogen-bond donors (Lipinski definition) is 0. The summed E-state index contributed by atoms with van der Waals surface area (Å²) >= 11 is 1.47. The Bertz CT molecular complexity index is 1300. The van der Waals surface area contributed by atoms with Gasteiger partial charge >= 0.3 is 0 Å². The van der Waals surface area contributed by atoms with Crippen LogP contribution in [-0.2, 0) is 6.54 Å². The standard InChI is InChI=1S/C26H25N3O3S/c30-29(31)24-11-5-4-10-23(24)27-26-28(17-22-9-6-16-32-22)25(18-33-26)21-14-12-20(13-15-21)19-7-2-1-3-8-19/h4-6,9-16,18-19H,1-3,7-8,17H2. The lowest BCUT2D eigenvalue weighted by Gasteiger charge is -2.22. The summed E-state index contributed by atoms with van der Waals surface area (Å²) in [4.78, 5) is 16.4. The van der Waals surface area contributed by atoms with Gasteiger partial charge in [0, 0.05) is 11.4 Å². The van der Waals surface area contributed by atoms with Gasteiger partial charge in [0.05, 0.1) is 23.4 Å². The average Bonchev–Trinajstić information content (AvgIpc) is 3.51. The van der Waals surface area contributed by atoms with Gasteiger partial charge in [0.25, 0.3) is 5.69 Å². The number of nitro benzene ring substituents is 1. The molecular formula is C26H25N3O3S. The topological polar surface area (TPSA) is 73.6 Å². The van der Waals surface area contributed by atoms with E-state index in [0.29, 0.717) is 23.0 Å². The number of rotatable bonds is 6. The van der Waals surface area contributed by atoms with E-state index in [1.807, 2.05) is 12.1 Å². The van der Waals surface area contributed by atoms with Gasteiger partial charge < -0.3 is 8.98 Å². The van der Waals surface area contributed by atoms with Crippen molar-refractivity contribution in [3.63, 3.8) is 0 Å². The molecule has 7 heteroatoms. The quantitative estimate of drug-likeness (QED) is 0.229. The number of nitrogens with zero attached hydrogens (tertiary/aromatic N) is 3. The van der Waals surface area contributed by atoms with Crippen molar-refractivity contribution >= 4 is 22.7 Å². The minimum atomic E-state index is -0.395. The second-order valence-corrected chi connectivity index (χ2v) is 9.22. The van der Waals surface area contributed by atoms with Gasteiger partial charge in [0.2, 0.25) is 0 Å². The largest absolute Gasteiger partial charge is 0.467 e. The first-order valence-corrected chi connectivity index (χ1v) is 12.2. The Hall–Kier alpha value is -3.45. The number of para-hydroxylation sites is 2. The minimum absolute atomic E-state index is 0.00571. The van der Waals surface area contributed by atoms with E-state index < -0.39 is 4.92 Å². The highest BCUT2D eigenvalue weighted by atomic mass is 32.1. The average molecular weight is 460 g/mol. The molecule has 1 aliphatic carbocycles. The second kappa shape index (κ2) is 9.58. The van der Waals surface area contributed by atoms with Crippen molar-refractivity contribution in [1.82, 2.24) is 4.57 Å². The zero-order valence-corrected chi connectivity index (χ0v) is 19.0. The van der Waals surface area contributed by atoms with E-state index in [2.05, 4.69) is 39.2 Å². The van der Waals surface area contributed by atoms with Gasteiger partial charge in [-0.25, -0.2) is 4.99 Å². The van der Waals surface area contributed by atoms with Crippen LogP contribution in [0.3, 0.4) is 0 Å². The molecule has 2 heterocycles. The molecule has 5 rings (SSSR count). The Kier molecular flexibility index (Phi) is 6.21. The third kappa shape index (κ3) is 4.68. The second-order valence-electron chi connectivity index (χ2n) is 8.38. The Morgan fingerprint density at radius 2 is 1.82 bits per heavy atom. The molecule has 1 saturated carbocycles. The lowest BCUT2D eigenvalue weighted by molar-refractivity contribution is -0.384. The SMILES string of the molecule is O=[N+]([O-])c1ccccc1N=c1scc(-c2ccc(C3CCCCC3)cc2)n1Cc1ccco1. The van der Waals surface area contributed by atoms with Crippen LogP contribution in [0.2, 0.25) is 0 Å². The van der Waals surface area contributed by atoms with Crippen LogP contribution < -0.4 is 4.80 Å². The maximum atomic E-state index is 11.5. The van der Waals surface area contributed by atoms with Crippen LogP contribution in [0.4, 0.5) is 11.4 Å². The third-order valence-electron chi connectivity index (χ3n) is 6.27. The predicted molar refractivity (Wildman–Crippen MR) is 130 cm³/mol. The number of thiazole rings is 1. The lowest BCUT2D eigenvalue weighted by Crippen LogP contribution is -2.16. The first kappa shape index (κ1) is 21.4. The first-order chi connectivity index (χ1) is 16.2. The van der Waals surface area contributed by atoms with Crippen LogP contribution in [0.5, 0.6) is 0 Å². The van der Waals surface area contributed by atoms with Crippen LogP contribution in [0.1, 0.15) is 49.3 Å². The zero-order chi connectivity index (χ0) is 22.6. The molecule has 0 radical (unpaired) electrons. The maximum absolute atomic E-state index is 11.5. The normalized spacial score (nSPS) is 15.1. The summed E-state index contributed by atoms with van der Waals surface area (Å²) < 4.78 is 7.66. The summed E-state index contributed by atoms with van der Waals surface area (Å²) in [5.41, 5.74) is 3.87. The van der Waals surface area contributed by atoms with Gasteiger partial charge in [0.1, 0.15) is 11.4 Å². The van der Waals surface area contributed by atoms with Gasteiger partial charge in [-0.2, -0.15) is 0 Å². The van der Waals surface area contributed by atoms with Gasteiger partial charge in [-0.3, -0.25) is 10.1 Å². The Morgan fingerprint density at radius 3 is 2.55 bits per heavy atom. The van der Waals surface area contributed by atoms with Crippen molar-refractivity contribution in [3.8, 4) is 11.3 Å². The van der Waals surface area contributed by atoms with E-state index in [1.165, 1.54) is 55.1 Å². The maximum Gasteiger partial charge on any atom is 0.294 e. The van der Waals surface area contributed by atoms with Crippen molar-refractivity contribution in [1.29, 1.82) is 0 Å². The van der Waals surface area contributed by atoms with Crippen molar-refractivity contribution in [2.75, 3.05) is 0 Å². The minimum Gasteiger partial charge on any atom is -0.467 e. The summed E-state index contributed by atoms with van der Waals surface area (Å²) in [6.07, 6.45) is 8.18. The molecule has 0 bridgehead atoms. The van der Waals surface area contributed by atoms with E-state index in [0.717, 1.165) is 17.0 Å². The van der Waals surface area contributed by atoms with Crippen LogP contribution in [0.15, 0.2) is 81.7 Å². The fourth-order valence-corrected chi connectivity index (χ4v) is 5.46. The predicted octanol–water partition coefficient (Wildman–Crippen LogP) is 7.05. The van der Waals surface area contributed by atoms with Crippen LogP contribution in [0, 0.1) is 10.1 Å².